The fraction of sp³-hybridized carbons (Fsp3) is 0. The molecular weight excluding hydrogens is 719 g/mol. The van der Waals surface area contributed by atoms with Crippen molar-refractivity contribution in [2.45, 2.75) is 0 Å². The van der Waals surface area contributed by atoms with E-state index in [0.717, 1.165) is 82.8 Å². The van der Waals surface area contributed by atoms with Gasteiger partial charge in [0.2, 0.25) is 0 Å². The lowest BCUT2D eigenvalue weighted by Gasteiger charge is -2.14. The molecule has 11 rings (SSSR count). The third kappa shape index (κ3) is 6.24. The van der Waals surface area contributed by atoms with Gasteiger partial charge in [-0.1, -0.05) is 194 Å². The highest BCUT2D eigenvalue weighted by molar-refractivity contribution is 6.12. The Kier molecular flexibility index (Phi) is 8.45. The summed E-state index contributed by atoms with van der Waals surface area (Å²) in [6, 6.07) is 73.9. The van der Waals surface area contributed by atoms with Crippen molar-refractivity contribution < 1.29 is 4.42 Å². The molecule has 0 unspecified atom stereocenters. The van der Waals surface area contributed by atoms with Crippen LogP contribution in [0, 0.1) is 0 Å². The van der Waals surface area contributed by atoms with Gasteiger partial charge >= 0.3 is 0 Å². The maximum atomic E-state index is 6.57. The normalized spacial score (nSPS) is 11.4. The third-order valence-corrected chi connectivity index (χ3v) is 11.2. The van der Waals surface area contributed by atoms with E-state index in [1.807, 2.05) is 30.3 Å². The van der Waals surface area contributed by atoms with Gasteiger partial charge in [-0.25, -0.2) is 15.0 Å². The minimum Gasteiger partial charge on any atom is -0.455 e. The van der Waals surface area contributed by atoms with Crippen molar-refractivity contribution in [3.8, 4) is 78.7 Å². The highest BCUT2D eigenvalue weighted by Gasteiger charge is 2.19. The van der Waals surface area contributed by atoms with Gasteiger partial charge in [0.1, 0.15) is 11.2 Å². The molecule has 4 heteroatoms. The highest BCUT2D eigenvalue weighted by atomic mass is 16.3. The van der Waals surface area contributed by atoms with Crippen molar-refractivity contribution in [2.24, 2.45) is 0 Å². The zero-order valence-corrected chi connectivity index (χ0v) is 32.0. The predicted octanol–water partition coefficient (Wildman–Crippen LogP) is 14.6. The molecule has 0 bridgehead atoms. The number of aromatic nitrogens is 3. The molecule has 59 heavy (non-hydrogen) atoms. The van der Waals surface area contributed by atoms with E-state index < -0.39 is 0 Å². The molecule has 0 aliphatic rings. The lowest BCUT2D eigenvalue weighted by Crippen LogP contribution is -2.01. The number of para-hydroxylation sites is 1. The molecule has 0 atom stereocenters. The van der Waals surface area contributed by atoms with Crippen LogP contribution in [0.5, 0.6) is 0 Å². The number of nitrogens with zero attached hydrogens (tertiary/aromatic N) is 3. The van der Waals surface area contributed by atoms with Gasteiger partial charge in [-0.3, -0.25) is 0 Å². The average Bonchev–Trinajstić information content (AvgIpc) is 3.70. The molecule has 11 aromatic rings. The van der Waals surface area contributed by atoms with E-state index in [9.17, 15) is 0 Å². The van der Waals surface area contributed by atoms with Crippen LogP contribution in [-0.2, 0) is 0 Å². The summed E-state index contributed by atoms with van der Waals surface area (Å²) in [5, 5.41) is 4.44. The van der Waals surface area contributed by atoms with Crippen molar-refractivity contribution in [1.82, 2.24) is 15.0 Å². The minimum absolute atomic E-state index is 0.607. The van der Waals surface area contributed by atoms with Crippen LogP contribution >= 0.6 is 0 Å². The fourth-order valence-electron chi connectivity index (χ4n) is 8.28. The first-order chi connectivity index (χ1) is 29.2. The summed E-state index contributed by atoms with van der Waals surface area (Å²) >= 11 is 0. The van der Waals surface area contributed by atoms with Crippen LogP contribution < -0.4 is 0 Å². The lowest BCUT2D eigenvalue weighted by atomic mass is 9.92. The van der Waals surface area contributed by atoms with E-state index in [0.29, 0.717) is 17.5 Å². The molecule has 9 aromatic carbocycles. The zero-order valence-electron chi connectivity index (χ0n) is 32.0. The van der Waals surface area contributed by atoms with Crippen LogP contribution in [0.15, 0.2) is 217 Å². The van der Waals surface area contributed by atoms with E-state index in [2.05, 4.69) is 182 Å². The molecule has 0 saturated carbocycles. The second kappa shape index (κ2) is 14.5. The fourth-order valence-corrected chi connectivity index (χ4v) is 8.28. The van der Waals surface area contributed by atoms with Gasteiger partial charge in [0.15, 0.2) is 17.5 Å². The summed E-state index contributed by atoms with van der Waals surface area (Å²) in [5.41, 5.74) is 13.5. The largest absolute Gasteiger partial charge is 0.455 e. The number of rotatable bonds is 7. The molecule has 0 saturated heterocycles. The third-order valence-electron chi connectivity index (χ3n) is 11.2. The van der Waals surface area contributed by atoms with Crippen LogP contribution in [0.25, 0.3) is 111 Å². The molecule has 0 aliphatic carbocycles. The van der Waals surface area contributed by atoms with Crippen molar-refractivity contribution in [1.29, 1.82) is 0 Å². The number of hydrogen-bond donors (Lipinski definition) is 0. The Morgan fingerprint density at radius 2 is 0.678 bits per heavy atom. The van der Waals surface area contributed by atoms with E-state index in [-0.39, 0.29) is 0 Å². The van der Waals surface area contributed by atoms with Crippen molar-refractivity contribution in [3.63, 3.8) is 0 Å². The first-order valence-electron chi connectivity index (χ1n) is 19.9. The van der Waals surface area contributed by atoms with Crippen LogP contribution in [0.1, 0.15) is 0 Å². The summed E-state index contributed by atoms with van der Waals surface area (Å²) in [5.74, 6) is 1.85. The predicted molar refractivity (Wildman–Crippen MR) is 243 cm³/mol. The Labute approximate surface area is 341 Å². The Morgan fingerprint density at radius 3 is 1.32 bits per heavy atom. The summed E-state index contributed by atoms with van der Waals surface area (Å²) in [7, 11) is 0. The molecule has 4 nitrogen and oxygen atoms in total. The second-order valence-corrected chi connectivity index (χ2v) is 14.7. The molecule has 0 N–H and O–H groups in total. The van der Waals surface area contributed by atoms with Gasteiger partial charge in [-0.15, -0.1) is 0 Å². The first-order valence-corrected chi connectivity index (χ1v) is 19.9. The molecule has 2 heterocycles. The number of hydrogen-bond acceptors (Lipinski definition) is 4. The van der Waals surface area contributed by atoms with Gasteiger partial charge < -0.3 is 4.42 Å². The molecule has 0 aliphatic heterocycles. The van der Waals surface area contributed by atoms with E-state index in [1.165, 1.54) is 11.1 Å². The zero-order chi connectivity index (χ0) is 39.1. The molecular formula is C55H35N3O. The van der Waals surface area contributed by atoms with E-state index in [1.54, 1.807) is 0 Å². The molecule has 0 radical (unpaired) electrons. The average molecular weight is 754 g/mol. The van der Waals surface area contributed by atoms with Crippen molar-refractivity contribution >= 4 is 32.7 Å². The molecule has 0 amide bonds. The monoisotopic (exact) mass is 753 g/mol. The number of furan rings is 1. The van der Waals surface area contributed by atoms with E-state index in [4.69, 9.17) is 19.4 Å². The Hall–Kier alpha value is -7.95. The van der Waals surface area contributed by atoms with Crippen molar-refractivity contribution in [2.75, 3.05) is 0 Å². The summed E-state index contributed by atoms with van der Waals surface area (Å²) in [6.45, 7) is 0. The maximum absolute atomic E-state index is 6.57. The van der Waals surface area contributed by atoms with Gasteiger partial charge in [0.05, 0.1) is 0 Å². The molecule has 2 aromatic heterocycles. The Morgan fingerprint density at radius 1 is 0.254 bits per heavy atom. The first kappa shape index (κ1) is 34.3. The van der Waals surface area contributed by atoms with E-state index >= 15 is 0 Å². The minimum atomic E-state index is 0.607. The van der Waals surface area contributed by atoms with Crippen LogP contribution in [-0.4, -0.2) is 15.0 Å². The topological polar surface area (TPSA) is 51.8 Å². The standard InChI is InChI=1S/C55H35N3O/c1-4-14-36(15-5-1)37-24-28-41(29-25-37)53-56-54(58-55(57-53)49-35-32-43(38-16-6-2-7-17-38)45-20-10-11-21-46(45)49)42-30-26-39(27-31-42)44-33-34-48-47-22-12-13-23-50(47)59-52(48)51(44)40-18-8-3-9-19-40/h1-35H. The van der Waals surface area contributed by atoms with Gasteiger partial charge in [0, 0.05) is 33.0 Å². The van der Waals surface area contributed by atoms with Crippen LogP contribution in [0.3, 0.4) is 0 Å². The lowest BCUT2D eigenvalue weighted by molar-refractivity contribution is 0.670. The molecule has 276 valence electrons. The number of benzene rings is 9. The summed E-state index contributed by atoms with van der Waals surface area (Å²) in [4.78, 5) is 15.5. The Bertz CT molecular complexity index is 3280. The summed E-state index contributed by atoms with van der Waals surface area (Å²) in [6.07, 6.45) is 0. The number of fused-ring (bicyclic) bond motifs is 4. The molecule has 0 spiro atoms. The SMILES string of the molecule is c1ccc(-c2ccc(-c3nc(-c4ccc(-c5ccc6c(oc7ccccc76)c5-c5ccccc5)cc4)nc(-c4ccc(-c5ccccc5)c5ccccc45)n3)cc2)cc1. The van der Waals surface area contributed by atoms with Crippen molar-refractivity contribution in [3.05, 3.63) is 212 Å². The maximum Gasteiger partial charge on any atom is 0.164 e. The smallest absolute Gasteiger partial charge is 0.164 e. The summed E-state index contributed by atoms with van der Waals surface area (Å²) < 4.78 is 6.57. The van der Waals surface area contributed by atoms with Gasteiger partial charge in [0.25, 0.3) is 0 Å². The Balaban J connectivity index is 1.05. The van der Waals surface area contributed by atoms with Crippen LogP contribution in [0.2, 0.25) is 0 Å². The van der Waals surface area contributed by atoms with Gasteiger partial charge in [-0.05, 0) is 67.9 Å². The van der Waals surface area contributed by atoms with Gasteiger partial charge in [-0.2, -0.15) is 0 Å². The molecule has 0 fully saturated rings. The quantitative estimate of drug-likeness (QED) is 0.163. The van der Waals surface area contributed by atoms with Crippen LogP contribution in [0.4, 0.5) is 0 Å². The second-order valence-electron chi connectivity index (χ2n) is 14.7. The highest BCUT2D eigenvalue weighted by Crippen LogP contribution is 2.43.